The molecule has 0 bridgehead atoms. The molecule has 2 rings (SSSR count). The maximum atomic E-state index is 12.5. The lowest BCUT2D eigenvalue weighted by Crippen LogP contribution is -2.49. The number of aryl methyl sites for hydroxylation is 1. The van der Waals surface area contributed by atoms with Gasteiger partial charge >= 0.3 is 0 Å². The van der Waals surface area contributed by atoms with Crippen molar-refractivity contribution in [3.8, 4) is 0 Å². The molecule has 0 aliphatic rings. The van der Waals surface area contributed by atoms with E-state index in [0.29, 0.717) is 17.1 Å². The molecule has 0 saturated heterocycles. The molecule has 132 valence electrons. The van der Waals surface area contributed by atoms with Crippen molar-refractivity contribution < 1.29 is 9.59 Å². The van der Waals surface area contributed by atoms with E-state index in [9.17, 15) is 9.59 Å². The summed E-state index contributed by atoms with van der Waals surface area (Å²) in [5.74, 6) is -0.496. The Labute approximate surface area is 153 Å². The molecule has 0 radical (unpaired) electrons. The first-order valence-electron chi connectivity index (χ1n) is 8.26. The van der Waals surface area contributed by atoms with Crippen molar-refractivity contribution in [3.63, 3.8) is 0 Å². The zero-order valence-electron chi connectivity index (χ0n) is 14.7. The number of amides is 2. The SMILES string of the molecule is Cc1cccc(C(=O)NC(C(=O)NCc2cccc(Cl)c2)C(C)C)c1. The zero-order chi connectivity index (χ0) is 18.4. The fraction of sp³-hybridized carbons (Fsp3) is 0.300. The van der Waals surface area contributed by atoms with Crippen molar-refractivity contribution >= 4 is 23.4 Å². The Balaban J connectivity index is 2.01. The summed E-state index contributed by atoms with van der Waals surface area (Å²) in [5, 5.41) is 6.32. The highest BCUT2D eigenvalue weighted by Gasteiger charge is 2.24. The topological polar surface area (TPSA) is 58.2 Å². The molecule has 0 aliphatic carbocycles. The van der Waals surface area contributed by atoms with E-state index in [2.05, 4.69) is 10.6 Å². The van der Waals surface area contributed by atoms with E-state index in [1.54, 1.807) is 24.3 Å². The molecule has 1 atom stereocenters. The van der Waals surface area contributed by atoms with Gasteiger partial charge in [-0.05, 0) is 42.7 Å². The van der Waals surface area contributed by atoms with Crippen LogP contribution in [-0.4, -0.2) is 17.9 Å². The summed E-state index contributed by atoms with van der Waals surface area (Å²) in [7, 11) is 0. The second kappa shape index (κ2) is 8.67. The van der Waals surface area contributed by atoms with Gasteiger partial charge in [-0.3, -0.25) is 9.59 Å². The van der Waals surface area contributed by atoms with Crippen LogP contribution in [0.25, 0.3) is 0 Å². The molecule has 1 unspecified atom stereocenters. The number of hydrogen-bond donors (Lipinski definition) is 2. The highest BCUT2D eigenvalue weighted by atomic mass is 35.5. The van der Waals surface area contributed by atoms with E-state index >= 15 is 0 Å². The minimum Gasteiger partial charge on any atom is -0.350 e. The average molecular weight is 359 g/mol. The molecule has 2 aromatic rings. The van der Waals surface area contributed by atoms with Crippen LogP contribution in [0.2, 0.25) is 5.02 Å². The van der Waals surface area contributed by atoms with Gasteiger partial charge < -0.3 is 10.6 Å². The van der Waals surface area contributed by atoms with Gasteiger partial charge in [-0.15, -0.1) is 0 Å². The number of benzene rings is 2. The van der Waals surface area contributed by atoms with Crippen molar-refractivity contribution in [2.45, 2.75) is 33.4 Å². The van der Waals surface area contributed by atoms with E-state index in [1.807, 2.05) is 45.0 Å². The molecular formula is C20H23ClN2O2. The molecule has 0 heterocycles. The van der Waals surface area contributed by atoms with Crippen molar-refractivity contribution in [1.29, 1.82) is 0 Å². The largest absolute Gasteiger partial charge is 0.350 e. The van der Waals surface area contributed by atoms with Crippen molar-refractivity contribution in [1.82, 2.24) is 10.6 Å². The van der Waals surface area contributed by atoms with Gasteiger partial charge in [0.05, 0.1) is 0 Å². The van der Waals surface area contributed by atoms with Gasteiger partial charge in [0.15, 0.2) is 0 Å². The number of hydrogen-bond acceptors (Lipinski definition) is 2. The van der Waals surface area contributed by atoms with Crippen LogP contribution in [0.5, 0.6) is 0 Å². The number of carbonyl (C=O) groups is 2. The molecule has 2 N–H and O–H groups in total. The molecule has 0 saturated carbocycles. The lowest BCUT2D eigenvalue weighted by Gasteiger charge is -2.22. The highest BCUT2D eigenvalue weighted by molar-refractivity contribution is 6.30. The number of nitrogens with one attached hydrogen (secondary N) is 2. The van der Waals surface area contributed by atoms with E-state index < -0.39 is 6.04 Å². The quantitative estimate of drug-likeness (QED) is 0.826. The number of rotatable bonds is 6. The van der Waals surface area contributed by atoms with E-state index in [4.69, 9.17) is 11.6 Å². The molecular weight excluding hydrogens is 336 g/mol. The van der Waals surface area contributed by atoms with Crippen LogP contribution in [0.3, 0.4) is 0 Å². The lowest BCUT2D eigenvalue weighted by atomic mass is 10.0. The second-order valence-corrected chi connectivity index (χ2v) is 6.85. The Morgan fingerprint density at radius 3 is 2.44 bits per heavy atom. The Bertz CT molecular complexity index is 759. The van der Waals surface area contributed by atoms with Gasteiger partial charge in [0, 0.05) is 17.1 Å². The third-order valence-corrected chi connectivity index (χ3v) is 4.11. The normalized spacial score (nSPS) is 11.9. The van der Waals surface area contributed by atoms with Crippen molar-refractivity contribution in [3.05, 3.63) is 70.2 Å². The fourth-order valence-electron chi connectivity index (χ4n) is 2.49. The third kappa shape index (κ3) is 5.61. The molecule has 0 aliphatic heterocycles. The summed E-state index contributed by atoms with van der Waals surface area (Å²) in [4.78, 5) is 24.9. The monoisotopic (exact) mass is 358 g/mol. The Kier molecular flexibility index (Phi) is 6.59. The van der Waals surface area contributed by atoms with Gasteiger partial charge in [0.1, 0.15) is 6.04 Å². The summed E-state index contributed by atoms with van der Waals surface area (Å²) in [6.45, 7) is 6.09. The number of carbonyl (C=O) groups excluding carboxylic acids is 2. The van der Waals surface area contributed by atoms with Crippen LogP contribution < -0.4 is 10.6 Å². The standard InChI is InChI=1S/C20H23ClN2O2/c1-13(2)18(23-19(24)16-8-4-6-14(3)10-16)20(25)22-12-15-7-5-9-17(21)11-15/h4-11,13,18H,12H2,1-3H3,(H,22,25)(H,23,24). The molecule has 0 spiro atoms. The molecule has 5 heteroatoms. The van der Waals surface area contributed by atoms with Gasteiger partial charge in [0.2, 0.25) is 5.91 Å². The molecule has 4 nitrogen and oxygen atoms in total. The molecule has 2 amide bonds. The third-order valence-electron chi connectivity index (χ3n) is 3.87. The van der Waals surface area contributed by atoms with Gasteiger partial charge in [-0.25, -0.2) is 0 Å². The maximum Gasteiger partial charge on any atom is 0.251 e. The second-order valence-electron chi connectivity index (χ2n) is 6.41. The summed E-state index contributed by atoms with van der Waals surface area (Å²) in [6.07, 6.45) is 0. The first-order chi connectivity index (χ1) is 11.9. The number of halogens is 1. The van der Waals surface area contributed by atoms with Gasteiger partial charge in [-0.2, -0.15) is 0 Å². The van der Waals surface area contributed by atoms with Crippen LogP contribution in [-0.2, 0) is 11.3 Å². The average Bonchev–Trinajstić information content (AvgIpc) is 2.57. The lowest BCUT2D eigenvalue weighted by molar-refractivity contribution is -0.124. The minimum absolute atomic E-state index is 0.0341. The molecule has 2 aromatic carbocycles. The Morgan fingerprint density at radius 2 is 1.80 bits per heavy atom. The summed E-state index contributed by atoms with van der Waals surface area (Å²) < 4.78 is 0. The predicted octanol–water partition coefficient (Wildman–Crippen LogP) is 3.72. The maximum absolute atomic E-state index is 12.5. The smallest absolute Gasteiger partial charge is 0.251 e. The molecule has 0 aromatic heterocycles. The van der Waals surface area contributed by atoms with E-state index in [-0.39, 0.29) is 17.7 Å². The van der Waals surface area contributed by atoms with Crippen LogP contribution in [0.4, 0.5) is 0 Å². The van der Waals surface area contributed by atoms with Crippen molar-refractivity contribution in [2.75, 3.05) is 0 Å². The molecule has 25 heavy (non-hydrogen) atoms. The first-order valence-corrected chi connectivity index (χ1v) is 8.64. The Morgan fingerprint density at radius 1 is 1.08 bits per heavy atom. The van der Waals surface area contributed by atoms with Crippen LogP contribution >= 0.6 is 11.6 Å². The summed E-state index contributed by atoms with van der Waals surface area (Å²) in [5.41, 5.74) is 2.46. The fourth-order valence-corrected chi connectivity index (χ4v) is 2.70. The molecule has 0 fully saturated rings. The summed E-state index contributed by atoms with van der Waals surface area (Å²) >= 11 is 5.95. The van der Waals surface area contributed by atoms with Crippen LogP contribution in [0, 0.1) is 12.8 Å². The highest BCUT2D eigenvalue weighted by Crippen LogP contribution is 2.11. The minimum atomic E-state index is -0.604. The van der Waals surface area contributed by atoms with Gasteiger partial charge in [-0.1, -0.05) is 55.3 Å². The predicted molar refractivity (Wildman–Crippen MR) is 101 cm³/mol. The first kappa shape index (κ1) is 19.0. The summed E-state index contributed by atoms with van der Waals surface area (Å²) in [6, 6.07) is 14.0. The van der Waals surface area contributed by atoms with E-state index in [1.165, 1.54) is 0 Å². The van der Waals surface area contributed by atoms with E-state index in [0.717, 1.165) is 11.1 Å². The van der Waals surface area contributed by atoms with Crippen LogP contribution in [0.15, 0.2) is 48.5 Å². The van der Waals surface area contributed by atoms with Crippen molar-refractivity contribution in [2.24, 2.45) is 5.92 Å². The Hall–Kier alpha value is -2.33. The zero-order valence-corrected chi connectivity index (χ0v) is 15.4. The van der Waals surface area contributed by atoms with Crippen LogP contribution in [0.1, 0.15) is 35.3 Å². The van der Waals surface area contributed by atoms with Gasteiger partial charge in [0.25, 0.3) is 5.91 Å².